The molecule has 0 aromatic rings. The monoisotopic (exact) mass is 226 g/mol. The molecule has 0 fully saturated rings. The molecule has 2 N–H and O–H groups in total. The summed E-state index contributed by atoms with van der Waals surface area (Å²) in [4.78, 5) is 10.3. The minimum atomic E-state index is -1.50. The quantitative estimate of drug-likeness (QED) is 0.538. The predicted molar refractivity (Wildman–Crippen MR) is 56.8 cm³/mol. The third-order valence-electron chi connectivity index (χ3n) is 2.27. The summed E-state index contributed by atoms with van der Waals surface area (Å²) in [5, 5.41) is 18.4. The van der Waals surface area contributed by atoms with Crippen molar-refractivity contribution >= 4 is 5.97 Å². The molecule has 0 spiro atoms. The summed E-state index contributed by atoms with van der Waals surface area (Å²) in [5.41, 5.74) is 0.635. The second-order valence-electron chi connectivity index (χ2n) is 3.28. The van der Waals surface area contributed by atoms with Gasteiger partial charge in [0, 0.05) is 20.3 Å². The van der Waals surface area contributed by atoms with Crippen LogP contribution in [0.2, 0.25) is 0 Å². The molecular weight excluding hydrogens is 212 g/mol. The van der Waals surface area contributed by atoms with Gasteiger partial charge in [0.15, 0.2) is 0 Å². The molecule has 5 nitrogen and oxygen atoms in total. The number of aliphatic hydroxyl groups is 1. The number of carbonyl (C=O) groups is 1. The zero-order valence-electron chi connectivity index (χ0n) is 9.08. The Labute approximate surface area is 93.3 Å². The van der Waals surface area contributed by atoms with Gasteiger partial charge in [-0.3, -0.25) is 0 Å². The number of carboxylic acids is 1. The van der Waals surface area contributed by atoms with Crippen LogP contribution >= 0.6 is 0 Å². The van der Waals surface area contributed by atoms with E-state index < -0.39 is 17.9 Å². The summed E-state index contributed by atoms with van der Waals surface area (Å²) < 4.78 is 9.97. The third-order valence-corrected chi connectivity index (χ3v) is 2.27. The van der Waals surface area contributed by atoms with Gasteiger partial charge in [0.1, 0.15) is 6.10 Å². The van der Waals surface area contributed by atoms with E-state index >= 15 is 0 Å². The molecule has 5 heteroatoms. The summed E-state index contributed by atoms with van der Waals surface area (Å²) in [6, 6.07) is 0. The SMILES string of the molecule is COC1C=C(C=CC(=O)O)C=CC1(O)OC. The lowest BCUT2D eigenvalue weighted by Crippen LogP contribution is -2.43. The molecule has 0 radical (unpaired) electrons. The van der Waals surface area contributed by atoms with Gasteiger partial charge in [-0.1, -0.05) is 6.08 Å². The topological polar surface area (TPSA) is 76.0 Å². The maximum atomic E-state index is 10.3. The van der Waals surface area contributed by atoms with E-state index in [0.717, 1.165) is 6.08 Å². The lowest BCUT2D eigenvalue weighted by atomic mass is 9.98. The van der Waals surface area contributed by atoms with Crippen LogP contribution in [0.1, 0.15) is 0 Å². The number of hydrogen-bond donors (Lipinski definition) is 2. The number of allylic oxidation sites excluding steroid dienone is 3. The molecule has 2 atom stereocenters. The number of ether oxygens (including phenoxy) is 2. The number of aliphatic carboxylic acids is 1. The van der Waals surface area contributed by atoms with Crippen molar-refractivity contribution in [3.05, 3.63) is 36.0 Å². The summed E-state index contributed by atoms with van der Waals surface area (Å²) in [5.74, 6) is -2.54. The Bertz CT molecular complexity index is 355. The fraction of sp³-hybridized carbons (Fsp3) is 0.364. The predicted octanol–water partition coefficient (Wildman–Crippen LogP) is 0.473. The van der Waals surface area contributed by atoms with Crippen LogP contribution < -0.4 is 0 Å². The Morgan fingerprint density at radius 2 is 2.25 bits per heavy atom. The van der Waals surface area contributed by atoms with Crippen molar-refractivity contribution in [3.63, 3.8) is 0 Å². The second kappa shape index (κ2) is 5.07. The highest BCUT2D eigenvalue weighted by Crippen LogP contribution is 2.24. The van der Waals surface area contributed by atoms with Crippen LogP contribution in [-0.2, 0) is 14.3 Å². The molecule has 1 aliphatic rings. The second-order valence-corrected chi connectivity index (χ2v) is 3.28. The molecule has 88 valence electrons. The molecule has 0 amide bonds. The molecule has 1 rings (SSSR count). The highest BCUT2D eigenvalue weighted by molar-refractivity contribution is 5.80. The van der Waals surface area contributed by atoms with Crippen molar-refractivity contribution in [2.24, 2.45) is 0 Å². The number of methoxy groups -OCH3 is 2. The molecule has 0 aromatic heterocycles. The van der Waals surface area contributed by atoms with Crippen LogP contribution in [0.25, 0.3) is 0 Å². The highest BCUT2D eigenvalue weighted by atomic mass is 16.6. The van der Waals surface area contributed by atoms with Crippen molar-refractivity contribution in [1.82, 2.24) is 0 Å². The van der Waals surface area contributed by atoms with Crippen LogP contribution in [0.5, 0.6) is 0 Å². The summed E-state index contributed by atoms with van der Waals surface area (Å²) in [6.07, 6.45) is 6.33. The first kappa shape index (κ1) is 12.6. The molecule has 0 aliphatic heterocycles. The first-order chi connectivity index (χ1) is 7.51. The largest absolute Gasteiger partial charge is 0.478 e. The molecule has 2 unspecified atom stereocenters. The first-order valence-corrected chi connectivity index (χ1v) is 4.64. The van der Waals surface area contributed by atoms with Crippen LogP contribution in [0.4, 0.5) is 0 Å². The van der Waals surface area contributed by atoms with Crippen molar-refractivity contribution in [2.45, 2.75) is 11.9 Å². The van der Waals surface area contributed by atoms with Gasteiger partial charge in [-0.2, -0.15) is 0 Å². The van der Waals surface area contributed by atoms with Gasteiger partial charge in [-0.15, -0.1) is 0 Å². The lowest BCUT2D eigenvalue weighted by molar-refractivity contribution is -0.202. The van der Waals surface area contributed by atoms with Gasteiger partial charge < -0.3 is 19.7 Å². The average Bonchev–Trinajstić information content (AvgIpc) is 2.27. The normalized spacial score (nSPS) is 29.4. The number of hydrogen-bond acceptors (Lipinski definition) is 4. The number of rotatable bonds is 4. The molecule has 1 aliphatic carbocycles. The zero-order chi connectivity index (χ0) is 12.2. The van der Waals surface area contributed by atoms with Crippen LogP contribution in [0.3, 0.4) is 0 Å². The molecule has 16 heavy (non-hydrogen) atoms. The Hall–Kier alpha value is -1.43. The Balaban J connectivity index is 2.87. The van der Waals surface area contributed by atoms with Gasteiger partial charge in [0.2, 0.25) is 5.79 Å². The van der Waals surface area contributed by atoms with Crippen molar-refractivity contribution in [3.8, 4) is 0 Å². The Morgan fingerprint density at radius 3 is 2.75 bits per heavy atom. The third kappa shape index (κ3) is 2.79. The molecular formula is C11H14O5. The fourth-order valence-corrected chi connectivity index (χ4v) is 1.36. The van der Waals surface area contributed by atoms with E-state index in [0.29, 0.717) is 5.57 Å². The molecule has 0 saturated carbocycles. The van der Waals surface area contributed by atoms with E-state index in [4.69, 9.17) is 14.6 Å². The average molecular weight is 226 g/mol. The van der Waals surface area contributed by atoms with Gasteiger partial charge in [0.05, 0.1) is 0 Å². The van der Waals surface area contributed by atoms with E-state index in [-0.39, 0.29) is 0 Å². The standard InChI is InChI=1S/C11H14O5/c1-15-9-7-8(3-4-10(12)13)5-6-11(9,14)16-2/h3-7,9,14H,1-2H3,(H,12,13). The van der Waals surface area contributed by atoms with Gasteiger partial charge in [-0.05, 0) is 23.8 Å². The first-order valence-electron chi connectivity index (χ1n) is 4.64. The Kier molecular flexibility index (Phi) is 4.00. The van der Waals surface area contributed by atoms with Gasteiger partial charge in [-0.25, -0.2) is 4.79 Å². The molecule has 0 aromatic carbocycles. The van der Waals surface area contributed by atoms with Crippen LogP contribution in [0, 0.1) is 0 Å². The van der Waals surface area contributed by atoms with Crippen molar-refractivity contribution in [1.29, 1.82) is 0 Å². The summed E-state index contributed by atoms with van der Waals surface area (Å²) in [6.45, 7) is 0. The lowest BCUT2D eigenvalue weighted by Gasteiger charge is -2.31. The smallest absolute Gasteiger partial charge is 0.328 e. The summed E-state index contributed by atoms with van der Waals surface area (Å²) in [7, 11) is 2.80. The van der Waals surface area contributed by atoms with E-state index in [1.54, 1.807) is 12.2 Å². The summed E-state index contributed by atoms with van der Waals surface area (Å²) >= 11 is 0. The van der Waals surface area contributed by atoms with Gasteiger partial charge >= 0.3 is 5.97 Å². The van der Waals surface area contributed by atoms with Crippen LogP contribution in [0.15, 0.2) is 36.0 Å². The van der Waals surface area contributed by atoms with Crippen molar-refractivity contribution in [2.75, 3.05) is 14.2 Å². The minimum absolute atomic E-state index is 0.635. The van der Waals surface area contributed by atoms with E-state index in [9.17, 15) is 9.90 Å². The maximum absolute atomic E-state index is 10.3. The molecule has 0 saturated heterocycles. The zero-order valence-corrected chi connectivity index (χ0v) is 9.08. The fourth-order valence-electron chi connectivity index (χ4n) is 1.36. The number of carboxylic acid groups (broad SMARTS) is 1. The van der Waals surface area contributed by atoms with Crippen molar-refractivity contribution < 1.29 is 24.5 Å². The Morgan fingerprint density at radius 1 is 1.56 bits per heavy atom. The van der Waals surface area contributed by atoms with Gasteiger partial charge in [0.25, 0.3) is 0 Å². The van der Waals surface area contributed by atoms with E-state index in [1.165, 1.54) is 26.4 Å². The highest BCUT2D eigenvalue weighted by Gasteiger charge is 2.35. The van der Waals surface area contributed by atoms with E-state index in [2.05, 4.69) is 0 Å². The van der Waals surface area contributed by atoms with E-state index in [1.807, 2.05) is 0 Å². The maximum Gasteiger partial charge on any atom is 0.328 e. The molecule has 0 bridgehead atoms. The minimum Gasteiger partial charge on any atom is -0.478 e. The van der Waals surface area contributed by atoms with Crippen LogP contribution in [-0.4, -0.2) is 42.3 Å². The molecule has 0 heterocycles.